The van der Waals surface area contributed by atoms with Crippen LogP contribution in [-0.2, 0) is 4.79 Å². The van der Waals surface area contributed by atoms with E-state index in [1.165, 1.54) is 0 Å². The van der Waals surface area contributed by atoms with E-state index in [0.29, 0.717) is 5.92 Å². The second-order valence-corrected chi connectivity index (χ2v) is 6.66. The Balaban J connectivity index is 1.38. The summed E-state index contributed by atoms with van der Waals surface area (Å²) in [7, 11) is 0. The summed E-state index contributed by atoms with van der Waals surface area (Å²) in [5.41, 5.74) is 1.03. The van der Waals surface area contributed by atoms with E-state index in [-0.39, 0.29) is 11.9 Å². The summed E-state index contributed by atoms with van der Waals surface area (Å²) < 4.78 is 0. The molecule has 1 atom stereocenters. The van der Waals surface area contributed by atoms with E-state index in [4.69, 9.17) is 0 Å². The molecule has 3 heterocycles. The van der Waals surface area contributed by atoms with Gasteiger partial charge in [-0.05, 0) is 32.2 Å². The molecule has 1 aromatic heterocycles. The number of likely N-dealkylation sites (tertiary alicyclic amines) is 1. The number of nitrogens with one attached hydrogen (secondary N) is 2. The lowest BCUT2D eigenvalue weighted by Gasteiger charge is -2.32. The van der Waals surface area contributed by atoms with E-state index >= 15 is 0 Å². The number of hydrogen-bond acceptors (Lipinski definition) is 4. The maximum atomic E-state index is 12.5. The first-order chi connectivity index (χ1) is 11.8. The van der Waals surface area contributed by atoms with E-state index in [9.17, 15) is 4.79 Å². The van der Waals surface area contributed by atoms with Crippen LogP contribution in [0.1, 0.15) is 37.4 Å². The summed E-state index contributed by atoms with van der Waals surface area (Å²) in [5.74, 6) is 2.32. The van der Waals surface area contributed by atoms with Gasteiger partial charge in [0.2, 0.25) is 5.91 Å². The van der Waals surface area contributed by atoms with Gasteiger partial charge in [-0.2, -0.15) is 5.10 Å². The highest BCUT2D eigenvalue weighted by molar-refractivity contribution is 5.82. The normalized spacial score (nSPS) is 22.0. The predicted octanol–water partition coefficient (Wildman–Crippen LogP) is 1.93. The first kappa shape index (κ1) is 15.3. The number of piperidine rings is 1. The Hall–Kier alpha value is -2.21. The molecule has 2 aromatic rings. The van der Waals surface area contributed by atoms with Gasteiger partial charge in [0, 0.05) is 24.6 Å². The second-order valence-electron chi connectivity index (χ2n) is 6.66. The third kappa shape index (κ3) is 3.06. The number of carbonyl (C=O) groups excluding carboxylic acids is 1. The number of rotatable bonds is 3. The van der Waals surface area contributed by atoms with Crippen molar-refractivity contribution in [1.82, 2.24) is 25.4 Å². The molecular formula is C18H23N5O. The van der Waals surface area contributed by atoms with Crippen LogP contribution in [0.3, 0.4) is 0 Å². The first-order valence-electron chi connectivity index (χ1n) is 8.81. The van der Waals surface area contributed by atoms with Crippen molar-refractivity contribution in [3.63, 3.8) is 0 Å². The van der Waals surface area contributed by atoms with Gasteiger partial charge in [0.1, 0.15) is 5.82 Å². The Labute approximate surface area is 141 Å². The first-order valence-corrected chi connectivity index (χ1v) is 8.81. The molecule has 1 amide bonds. The van der Waals surface area contributed by atoms with Crippen LogP contribution in [0.5, 0.6) is 0 Å². The number of aromatic amines is 1. The summed E-state index contributed by atoms with van der Waals surface area (Å²) in [5, 5.41) is 10.7. The van der Waals surface area contributed by atoms with Gasteiger partial charge in [0.05, 0.1) is 6.04 Å². The highest BCUT2D eigenvalue weighted by atomic mass is 16.2. The minimum atomic E-state index is 0.0384. The van der Waals surface area contributed by atoms with Crippen molar-refractivity contribution in [2.24, 2.45) is 0 Å². The standard InChI is InChI=1S/C18H23N5O/c24-18(15-7-4-10-19-15)23-11-8-14(9-12-23)17-20-16(21-22-17)13-5-2-1-3-6-13/h1-3,5-6,14-15,19H,4,7-12H2,(H,20,21,22). The molecule has 0 radical (unpaired) electrons. The van der Waals surface area contributed by atoms with Crippen LogP contribution >= 0.6 is 0 Å². The van der Waals surface area contributed by atoms with E-state index < -0.39 is 0 Å². The van der Waals surface area contributed by atoms with Crippen LogP contribution < -0.4 is 5.32 Å². The van der Waals surface area contributed by atoms with Crippen molar-refractivity contribution in [3.05, 3.63) is 36.2 Å². The number of amides is 1. The van der Waals surface area contributed by atoms with Crippen molar-refractivity contribution >= 4 is 5.91 Å². The predicted molar refractivity (Wildman–Crippen MR) is 91.4 cm³/mol. The van der Waals surface area contributed by atoms with E-state index in [1.807, 2.05) is 35.2 Å². The summed E-state index contributed by atoms with van der Waals surface area (Å²) >= 11 is 0. The number of benzene rings is 1. The average Bonchev–Trinajstić information content (AvgIpc) is 3.34. The quantitative estimate of drug-likeness (QED) is 0.904. The van der Waals surface area contributed by atoms with Crippen LogP contribution in [0.2, 0.25) is 0 Å². The van der Waals surface area contributed by atoms with Crippen molar-refractivity contribution in [3.8, 4) is 11.4 Å². The molecule has 2 saturated heterocycles. The van der Waals surface area contributed by atoms with Gasteiger partial charge in [-0.15, -0.1) is 0 Å². The lowest BCUT2D eigenvalue weighted by molar-refractivity contribution is -0.134. The largest absolute Gasteiger partial charge is 0.341 e. The number of carbonyl (C=O) groups is 1. The minimum absolute atomic E-state index is 0.0384. The molecule has 0 spiro atoms. The topological polar surface area (TPSA) is 73.9 Å². The average molecular weight is 325 g/mol. The van der Waals surface area contributed by atoms with E-state index in [0.717, 1.165) is 62.5 Å². The number of aromatic nitrogens is 3. The summed E-state index contributed by atoms with van der Waals surface area (Å²) in [6.45, 7) is 2.58. The fraction of sp³-hybridized carbons (Fsp3) is 0.500. The zero-order valence-electron chi connectivity index (χ0n) is 13.7. The number of H-pyrrole nitrogens is 1. The van der Waals surface area contributed by atoms with Gasteiger partial charge in [0.15, 0.2) is 5.82 Å². The molecule has 2 aliphatic rings. The lowest BCUT2D eigenvalue weighted by Crippen LogP contribution is -2.46. The molecule has 6 nitrogen and oxygen atoms in total. The Morgan fingerprint density at radius 3 is 2.62 bits per heavy atom. The van der Waals surface area contributed by atoms with Crippen LogP contribution in [0, 0.1) is 0 Å². The summed E-state index contributed by atoms with van der Waals surface area (Å²) in [6.07, 6.45) is 3.97. The van der Waals surface area contributed by atoms with Crippen molar-refractivity contribution < 1.29 is 4.79 Å². The molecule has 0 bridgehead atoms. The number of hydrogen-bond donors (Lipinski definition) is 2. The zero-order chi connectivity index (χ0) is 16.4. The molecule has 0 aliphatic carbocycles. The third-order valence-electron chi connectivity index (χ3n) is 5.09. The van der Waals surface area contributed by atoms with Gasteiger partial charge in [-0.1, -0.05) is 30.3 Å². The Morgan fingerprint density at radius 2 is 1.92 bits per heavy atom. The molecule has 4 rings (SSSR count). The van der Waals surface area contributed by atoms with E-state index in [1.54, 1.807) is 0 Å². The van der Waals surface area contributed by atoms with Gasteiger partial charge in [-0.25, -0.2) is 4.98 Å². The van der Waals surface area contributed by atoms with Crippen LogP contribution in [0.25, 0.3) is 11.4 Å². The highest BCUT2D eigenvalue weighted by Crippen LogP contribution is 2.27. The van der Waals surface area contributed by atoms with Crippen LogP contribution in [-0.4, -0.2) is 51.7 Å². The molecule has 2 fully saturated rings. The molecule has 1 unspecified atom stereocenters. The van der Waals surface area contributed by atoms with Gasteiger partial charge in [-0.3, -0.25) is 9.89 Å². The minimum Gasteiger partial charge on any atom is -0.341 e. The Kier molecular flexibility index (Phi) is 4.30. The fourth-order valence-electron chi connectivity index (χ4n) is 3.66. The van der Waals surface area contributed by atoms with E-state index in [2.05, 4.69) is 20.5 Å². The van der Waals surface area contributed by atoms with Crippen molar-refractivity contribution in [2.75, 3.05) is 19.6 Å². The molecule has 0 saturated carbocycles. The molecule has 24 heavy (non-hydrogen) atoms. The molecule has 126 valence electrons. The monoisotopic (exact) mass is 325 g/mol. The van der Waals surface area contributed by atoms with Crippen molar-refractivity contribution in [2.45, 2.75) is 37.6 Å². The maximum Gasteiger partial charge on any atom is 0.239 e. The lowest BCUT2D eigenvalue weighted by atomic mass is 9.95. The molecule has 6 heteroatoms. The maximum absolute atomic E-state index is 12.5. The molecule has 2 aliphatic heterocycles. The van der Waals surface area contributed by atoms with Gasteiger partial charge < -0.3 is 10.2 Å². The Bertz CT molecular complexity index is 684. The SMILES string of the molecule is O=C(C1CCCN1)N1CCC(c2nc(-c3ccccc3)n[nH]2)CC1. The van der Waals surface area contributed by atoms with Crippen molar-refractivity contribution in [1.29, 1.82) is 0 Å². The summed E-state index contributed by atoms with van der Waals surface area (Å²) in [4.78, 5) is 19.1. The van der Waals surface area contributed by atoms with Crippen LogP contribution in [0.4, 0.5) is 0 Å². The van der Waals surface area contributed by atoms with Gasteiger partial charge in [0.25, 0.3) is 0 Å². The zero-order valence-corrected chi connectivity index (χ0v) is 13.7. The highest BCUT2D eigenvalue weighted by Gasteiger charge is 2.31. The smallest absolute Gasteiger partial charge is 0.239 e. The number of nitrogens with zero attached hydrogens (tertiary/aromatic N) is 3. The molecule has 2 N–H and O–H groups in total. The van der Waals surface area contributed by atoms with Crippen LogP contribution in [0.15, 0.2) is 30.3 Å². The second kappa shape index (κ2) is 6.73. The molecular weight excluding hydrogens is 302 g/mol. The Morgan fingerprint density at radius 1 is 1.12 bits per heavy atom. The molecule has 1 aromatic carbocycles. The summed E-state index contributed by atoms with van der Waals surface area (Å²) in [6, 6.07) is 10.0. The third-order valence-corrected chi connectivity index (χ3v) is 5.09. The fourth-order valence-corrected chi connectivity index (χ4v) is 3.66. The van der Waals surface area contributed by atoms with Gasteiger partial charge >= 0.3 is 0 Å².